The smallest absolute Gasteiger partial charge is 0.0537 e. The molecule has 2 bridgehead atoms. The molecule has 3 nitrogen and oxygen atoms in total. The third-order valence-electron chi connectivity index (χ3n) is 6.07. The molecular formula is C17H27N3. The zero-order valence-electron chi connectivity index (χ0n) is 12.8. The van der Waals surface area contributed by atoms with Crippen LogP contribution < -0.4 is 5.32 Å². The summed E-state index contributed by atoms with van der Waals surface area (Å²) in [5.41, 5.74) is 1.43. The molecule has 1 aromatic rings. The van der Waals surface area contributed by atoms with Crippen molar-refractivity contribution in [2.45, 2.75) is 52.1 Å². The molecule has 4 rings (SSSR count). The molecule has 3 aliphatic rings. The van der Waals surface area contributed by atoms with Crippen LogP contribution in [0.4, 0.5) is 0 Å². The number of fused-ring (bicyclic) bond motifs is 5. The summed E-state index contributed by atoms with van der Waals surface area (Å²) >= 11 is 0. The first-order valence-electron chi connectivity index (χ1n) is 8.59. The summed E-state index contributed by atoms with van der Waals surface area (Å²) in [6, 6.07) is 0.559. The van der Waals surface area contributed by atoms with Crippen LogP contribution in [-0.4, -0.2) is 16.3 Å². The number of aryl methyl sites for hydroxylation is 1. The minimum Gasteiger partial charge on any atom is -0.310 e. The summed E-state index contributed by atoms with van der Waals surface area (Å²) in [4.78, 5) is 0. The second kappa shape index (κ2) is 4.87. The summed E-state index contributed by atoms with van der Waals surface area (Å²) in [5.74, 6) is 5.09. The van der Waals surface area contributed by atoms with Gasteiger partial charge < -0.3 is 5.32 Å². The van der Waals surface area contributed by atoms with Crippen LogP contribution in [0.5, 0.6) is 0 Å². The molecule has 0 saturated heterocycles. The molecule has 1 heterocycles. The second-order valence-corrected chi connectivity index (χ2v) is 7.14. The van der Waals surface area contributed by atoms with Crippen LogP contribution in [0.1, 0.15) is 51.1 Å². The van der Waals surface area contributed by atoms with Crippen LogP contribution in [0.2, 0.25) is 0 Å². The van der Waals surface area contributed by atoms with Crippen molar-refractivity contribution < 1.29 is 0 Å². The highest BCUT2D eigenvalue weighted by atomic mass is 15.3. The Labute approximate surface area is 122 Å². The van der Waals surface area contributed by atoms with E-state index in [4.69, 9.17) is 0 Å². The maximum absolute atomic E-state index is 4.54. The lowest BCUT2D eigenvalue weighted by Crippen LogP contribution is -2.25. The molecule has 3 fully saturated rings. The van der Waals surface area contributed by atoms with E-state index < -0.39 is 0 Å². The summed E-state index contributed by atoms with van der Waals surface area (Å²) in [6.45, 7) is 6.55. The van der Waals surface area contributed by atoms with Crippen LogP contribution in [0.15, 0.2) is 12.4 Å². The molecule has 3 aliphatic carbocycles. The molecular weight excluding hydrogens is 246 g/mol. The van der Waals surface area contributed by atoms with Gasteiger partial charge in [-0.15, -0.1) is 0 Å². The van der Waals surface area contributed by atoms with Gasteiger partial charge in [-0.1, -0.05) is 13.8 Å². The van der Waals surface area contributed by atoms with Gasteiger partial charge in [-0.05, 0) is 61.8 Å². The zero-order valence-corrected chi connectivity index (χ0v) is 12.8. The molecule has 5 atom stereocenters. The van der Waals surface area contributed by atoms with E-state index in [0.717, 1.165) is 49.1 Å². The van der Waals surface area contributed by atoms with E-state index in [1.165, 1.54) is 18.4 Å². The lowest BCUT2D eigenvalue weighted by atomic mass is 9.94. The van der Waals surface area contributed by atoms with E-state index in [2.05, 4.69) is 41.3 Å². The average Bonchev–Trinajstić information content (AvgIpc) is 2.85. The van der Waals surface area contributed by atoms with Crippen molar-refractivity contribution in [1.29, 1.82) is 0 Å². The molecule has 3 heteroatoms. The quantitative estimate of drug-likeness (QED) is 0.862. The number of hydrogen-bond acceptors (Lipinski definition) is 2. The fourth-order valence-electron chi connectivity index (χ4n) is 5.43. The normalized spacial score (nSPS) is 39.0. The monoisotopic (exact) mass is 273 g/mol. The molecule has 0 amide bonds. The maximum atomic E-state index is 4.54. The van der Waals surface area contributed by atoms with Crippen molar-refractivity contribution in [3.05, 3.63) is 18.0 Å². The van der Waals surface area contributed by atoms with E-state index in [1.807, 2.05) is 0 Å². The Morgan fingerprint density at radius 1 is 1.30 bits per heavy atom. The number of aromatic nitrogens is 2. The fourth-order valence-corrected chi connectivity index (χ4v) is 5.43. The maximum Gasteiger partial charge on any atom is 0.0537 e. The van der Waals surface area contributed by atoms with Gasteiger partial charge in [-0.3, -0.25) is 4.68 Å². The average molecular weight is 273 g/mol. The van der Waals surface area contributed by atoms with E-state index in [0.29, 0.717) is 6.04 Å². The van der Waals surface area contributed by atoms with Gasteiger partial charge in [0, 0.05) is 24.3 Å². The largest absolute Gasteiger partial charge is 0.310 e. The minimum atomic E-state index is 0.559. The van der Waals surface area contributed by atoms with Crippen LogP contribution >= 0.6 is 0 Å². The molecule has 3 saturated carbocycles. The third-order valence-corrected chi connectivity index (χ3v) is 6.07. The molecule has 1 aromatic heterocycles. The molecule has 5 unspecified atom stereocenters. The zero-order chi connectivity index (χ0) is 13.7. The number of hydrogen-bond donors (Lipinski definition) is 1. The van der Waals surface area contributed by atoms with Crippen molar-refractivity contribution in [3.63, 3.8) is 0 Å². The van der Waals surface area contributed by atoms with Gasteiger partial charge in [0.05, 0.1) is 6.20 Å². The molecule has 110 valence electrons. The first-order chi connectivity index (χ1) is 9.83. The highest BCUT2D eigenvalue weighted by molar-refractivity contribution is 5.23. The van der Waals surface area contributed by atoms with E-state index in [-0.39, 0.29) is 0 Å². The van der Waals surface area contributed by atoms with Gasteiger partial charge in [0.1, 0.15) is 0 Å². The van der Waals surface area contributed by atoms with Gasteiger partial charge in [0.15, 0.2) is 0 Å². The second-order valence-electron chi connectivity index (χ2n) is 7.14. The van der Waals surface area contributed by atoms with Gasteiger partial charge >= 0.3 is 0 Å². The Balaban J connectivity index is 1.53. The summed E-state index contributed by atoms with van der Waals surface area (Å²) < 4.78 is 2.12. The molecule has 1 N–H and O–H groups in total. The van der Waals surface area contributed by atoms with Gasteiger partial charge in [0.2, 0.25) is 0 Å². The highest BCUT2D eigenvalue weighted by Crippen LogP contribution is 2.72. The Morgan fingerprint density at radius 2 is 2.05 bits per heavy atom. The Bertz CT molecular complexity index is 464. The lowest BCUT2D eigenvalue weighted by molar-refractivity contribution is 0.374. The molecule has 20 heavy (non-hydrogen) atoms. The minimum absolute atomic E-state index is 0.559. The Morgan fingerprint density at radius 3 is 2.70 bits per heavy atom. The molecule has 0 aliphatic heterocycles. The van der Waals surface area contributed by atoms with Crippen LogP contribution in [-0.2, 0) is 6.54 Å². The van der Waals surface area contributed by atoms with Crippen molar-refractivity contribution in [2.24, 2.45) is 29.6 Å². The Kier molecular flexibility index (Phi) is 3.13. The van der Waals surface area contributed by atoms with E-state index in [1.54, 1.807) is 6.42 Å². The predicted octanol–water partition coefficient (Wildman–Crippen LogP) is 3.24. The molecule has 0 aromatic carbocycles. The SMILES string of the molecule is CCCn1cc(C(NCC)C2C3C4CCC(C4)C32)cn1. The summed E-state index contributed by atoms with van der Waals surface area (Å²) in [7, 11) is 0. The van der Waals surface area contributed by atoms with Crippen molar-refractivity contribution in [3.8, 4) is 0 Å². The summed E-state index contributed by atoms with van der Waals surface area (Å²) in [5, 5.41) is 8.30. The van der Waals surface area contributed by atoms with Gasteiger partial charge in [-0.2, -0.15) is 5.10 Å². The van der Waals surface area contributed by atoms with Crippen LogP contribution in [0, 0.1) is 29.6 Å². The van der Waals surface area contributed by atoms with E-state index >= 15 is 0 Å². The molecule has 0 spiro atoms. The fraction of sp³-hybridized carbons (Fsp3) is 0.824. The summed E-state index contributed by atoms with van der Waals surface area (Å²) in [6.07, 6.45) is 10.1. The van der Waals surface area contributed by atoms with Crippen molar-refractivity contribution in [1.82, 2.24) is 15.1 Å². The third kappa shape index (κ3) is 1.86. The number of nitrogens with one attached hydrogen (secondary N) is 1. The Hall–Kier alpha value is -0.830. The van der Waals surface area contributed by atoms with Crippen molar-refractivity contribution >= 4 is 0 Å². The predicted molar refractivity (Wildman–Crippen MR) is 80.2 cm³/mol. The number of nitrogens with zero attached hydrogens (tertiary/aromatic N) is 2. The first kappa shape index (κ1) is 12.9. The van der Waals surface area contributed by atoms with Crippen LogP contribution in [0.3, 0.4) is 0 Å². The van der Waals surface area contributed by atoms with E-state index in [9.17, 15) is 0 Å². The van der Waals surface area contributed by atoms with Crippen LogP contribution in [0.25, 0.3) is 0 Å². The first-order valence-corrected chi connectivity index (χ1v) is 8.59. The van der Waals surface area contributed by atoms with Gasteiger partial charge in [0.25, 0.3) is 0 Å². The van der Waals surface area contributed by atoms with Gasteiger partial charge in [-0.25, -0.2) is 0 Å². The lowest BCUT2D eigenvalue weighted by Gasteiger charge is -2.20. The number of rotatable bonds is 6. The topological polar surface area (TPSA) is 29.9 Å². The standard InChI is InChI=1S/C17H27N3/c1-3-7-20-10-13(9-19-20)17(18-4-2)16-14-11-5-6-12(8-11)15(14)16/h9-12,14-18H,3-8H2,1-2H3. The highest BCUT2D eigenvalue weighted by Gasteiger charge is 2.66. The van der Waals surface area contributed by atoms with Crippen molar-refractivity contribution in [2.75, 3.05) is 6.54 Å². The molecule has 0 radical (unpaired) electrons.